The molecular weight excluding hydrogens is 193 g/mol. The van der Waals surface area contributed by atoms with Crippen LogP contribution in [0.1, 0.15) is 11.1 Å². The van der Waals surface area contributed by atoms with Crippen LogP contribution >= 0.6 is 23.2 Å². The second kappa shape index (κ2) is 2.91. The first-order valence-corrected chi connectivity index (χ1v) is 4.65. The monoisotopic (exact) mass is 201 g/mol. The molecule has 1 nitrogen and oxygen atoms in total. The minimum atomic E-state index is 0.218. The van der Waals surface area contributed by atoms with E-state index in [0.717, 1.165) is 17.9 Å². The summed E-state index contributed by atoms with van der Waals surface area (Å²) < 4.78 is 0. The van der Waals surface area contributed by atoms with E-state index < -0.39 is 0 Å². The summed E-state index contributed by atoms with van der Waals surface area (Å²) in [5, 5.41) is 1.46. The van der Waals surface area contributed by atoms with Crippen LogP contribution in [0.15, 0.2) is 12.1 Å². The summed E-state index contributed by atoms with van der Waals surface area (Å²) in [6.45, 7) is 0. The Morgan fingerprint density at radius 3 is 2.75 bits per heavy atom. The fraction of sp³-hybridized carbons (Fsp3) is 0.333. The molecule has 0 bridgehead atoms. The Morgan fingerprint density at radius 1 is 1.25 bits per heavy atom. The first-order valence-electron chi connectivity index (χ1n) is 3.89. The fourth-order valence-corrected chi connectivity index (χ4v) is 2.30. The van der Waals surface area contributed by atoms with E-state index >= 15 is 0 Å². The molecule has 1 aliphatic rings. The van der Waals surface area contributed by atoms with E-state index in [1.165, 1.54) is 11.1 Å². The van der Waals surface area contributed by atoms with E-state index in [2.05, 4.69) is 0 Å². The SMILES string of the molecule is N[C@@H]1Cc2cc(Cl)cc(Cl)c2C1. The maximum atomic E-state index is 6.00. The largest absolute Gasteiger partial charge is 0.327 e. The molecule has 0 radical (unpaired) electrons. The van der Waals surface area contributed by atoms with Crippen molar-refractivity contribution in [3.05, 3.63) is 33.3 Å². The van der Waals surface area contributed by atoms with Crippen molar-refractivity contribution in [1.29, 1.82) is 0 Å². The van der Waals surface area contributed by atoms with Crippen LogP contribution in [0.4, 0.5) is 0 Å². The molecule has 64 valence electrons. The predicted molar refractivity (Wildman–Crippen MR) is 51.8 cm³/mol. The van der Waals surface area contributed by atoms with E-state index in [9.17, 15) is 0 Å². The van der Waals surface area contributed by atoms with E-state index in [4.69, 9.17) is 28.9 Å². The van der Waals surface area contributed by atoms with Crippen molar-refractivity contribution in [2.45, 2.75) is 18.9 Å². The van der Waals surface area contributed by atoms with Gasteiger partial charge < -0.3 is 5.73 Å². The quantitative estimate of drug-likeness (QED) is 0.686. The average molecular weight is 202 g/mol. The molecule has 0 heterocycles. The highest BCUT2D eigenvalue weighted by atomic mass is 35.5. The Bertz CT molecular complexity index is 323. The zero-order chi connectivity index (χ0) is 8.72. The van der Waals surface area contributed by atoms with Gasteiger partial charge in [-0.15, -0.1) is 0 Å². The summed E-state index contributed by atoms with van der Waals surface area (Å²) in [6, 6.07) is 3.95. The molecule has 0 fully saturated rings. The minimum Gasteiger partial charge on any atom is -0.327 e. The second-order valence-electron chi connectivity index (χ2n) is 3.19. The van der Waals surface area contributed by atoms with Gasteiger partial charge in [0.05, 0.1) is 0 Å². The summed E-state index contributed by atoms with van der Waals surface area (Å²) in [5.41, 5.74) is 8.19. The lowest BCUT2D eigenvalue weighted by Crippen LogP contribution is -2.19. The second-order valence-corrected chi connectivity index (χ2v) is 4.04. The zero-order valence-electron chi connectivity index (χ0n) is 6.48. The smallest absolute Gasteiger partial charge is 0.0456 e. The summed E-state index contributed by atoms with van der Waals surface area (Å²) in [6.07, 6.45) is 1.78. The van der Waals surface area contributed by atoms with Gasteiger partial charge in [0, 0.05) is 16.1 Å². The number of nitrogens with two attached hydrogens (primary N) is 1. The fourth-order valence-electron chi connectivity index (χ4n) is 1.68. The maximum Gasteiger partial charge on any atom is 0.0456 e. The van der Waals surface area contributed by atoms with Gasteiger partial charge >= 0.3 is 0 Å². The third-order valence-corrected chi connectivity index (χ3v) is 2.76. The van der Waals surface area contributed by atoms with E-state index in [1.54, 1.807) is 6.07 Å². The van der Waals surface area contributed by atoms with Crippen LogP contribution in [0.2, 0.25) is 10.0 Å². The van der Waals surface area contributed by atoms with Crippen LogP contribution in [-0.2, 0) is 12.8 Å². The molecule has 1 aromatic carbocycles. The Kier molecular flexibility index (Phi) is 2.03. The molecule has 0 amide bonds. The molecule has 0 aromatic heterocycles. The van der Waals surface area contributed by atoms with Crippen molar-refractivity contribution in [2.75, 3.05) is 0 Å². The normalized spacial score (nSPS) is 21.1. The van der Waals surface area contributed by atoms with Crippen LogP contribution in [-0.4, -0.2) is 6.04 Å². The highest BCUT2D eigenvalue weighted by molar-refractivity contribution is 6.35. The van der Waals surface area contributed by atoms with Gasteiger partial charge in [0.1, 0.15) is 0 Å². The molecule has 2 N–H and O–H groups in total. The number of hydrogen-bond donors (Lipinski definition) is 1. The standard InChI is InChI=1S/C9H9Cl2N/c10-6-1-5-2-7(12)4-8(5)9(11)3-6/h1,3,7H,2,4,12H2/t7-/m1/s1. The lowest BCUT2D eigenvalue weighted by molar-refractivity contribution is 0.721. The van der Waals surface area contributed by atoms with E-state index in [-0.39, 0.29) is 6.04 Å². The Balaban J connectivity index is 2.52. The highest BCUT2D eigenvalue weighted by Crippen LogP contribution is 2.31. The van der Waals surface area contributed by atoms with Crippen LogP contribution in [0.5, 0.6) is 0 Å². The van der Waals surface area contributed by atoms with Gasteiger partial charge in [0.15, 0.2) is 0 Å². The van der Waals surface area contributed by atoms with Crippen molar-refractivity contribution < 1.29 is 0 Å². The van der Waals surface area contributed by atoms with Crippen LogP contribution in [0, 0.1) is 0 Å². The molecule has 0 spiro atoms. The van der Waals surface area contributed by atoms with Crippen molar-refractivity contribution in [1.82, 2.24) is 0 Å². The van der Waals surface area contributed by atoms with Crippen molar-refractivity contribution >= 4 is 23.2 Å². The molecule has 1 atom stereocenters. The van der Waals surface area contributed by atoms with Gasteiger partial charge in [-0.2, -0.15) is 0 Å². The molecule has 0 unspecified atom stereocenters. The maximum absolute atomic E-state index is 6.00. The Morgan fingerprint density at radius 2 is 2.00 bits per heavy atom. The summed E-state index contributed by atoms with van der Waals surface area (Å²) >= 11 is 11.9. The third-order valence-electron chi connectivity index (χ3n) is 2.20. The summed E-state index contributed by atoms with van der Waals surface area (Å²) in [4.78, 5) is 0. The molecular formula is C9H9Cl2N. The summed E-state index contributed by atoms with van der Waals surface area (Å²) in [7, 11) is 0. The lowest BCUT2D eigenvalue weighted by atomic mass is 10.1. The topological polar surface area (TPSA) is 26.0 Å². The van der Waals surface area contributed by atoms with Gasteiger partial charge in [-0.05, 0) is 36.1 Å². The molecule has 12 heavy (non-hydrogen) atoms. The third kappa shape index (κ3) is 1.33. The number of rotatable bonds is 0. The van der Waals surface area contributed by atoms with Gasteiger partial charge in [0.25, 0.3) is 0 Å². The predicted octanol–water partition coefficient (Wildman–Crippen LogP) is 2.42. The van der Waals surface area contributed by atoms with Crippen molar-refractivity contribution in [3.8, 4) is 0 Å². The molecule has 3 heteroatoms. The first-order chi connectivity index (χ1) is 5.66. The molecule has 2 rings (SSSR count). The van der Waals surface area contributed by atoms with E-state index in [1.807, 2.05) is 6.07 Å². The summed E-state index contributed by atoms with van der Waals surface area (Å²) in [5.74, 6) is 0. The minimum absolute atomic E-state index is 0.218. The zero-order valence-corrected chi connectivity index (χ0v) is 7.99. The average Bonchev–Trinajstić information content (AvgIpc) is 2.29. The van der Waals surface area contributed by atoms with Crippen molar-refractivity contribution in [2.24, 2.45) is 5.73 Å². The molecule has 1 aliphatic carbocycles. The van der Waals surface area contributed by atoms with Crippen LogP contribution in [0.25, 0.3) is 0 Å². The van der Waals surface area contributed by atoms with Gasteiger partial charge in [-0.25, -0.2) is 0 Å². The number of fused-ring (bicyclic) bond motifs is 1. The van der Waals surface area contributed by atoms with Crippen molar-refractivity contribution in [3.63, 3.8) is 0 Å². The number of halogens is 2. The van der Waals surface area contributed by atoms with Gasteiger partial charge in [-0.1, -0.05) is 23.2 Å². The van der Waals surface area contributed by atoms with Gasteiger partial charge in [0.2, 0.25) is 0 Å². The molecule has 0 saturated heterocycles. The van der Waals surface area contributed by atoms with E-state index in [0.29, 0.717) is 5.02 Å². The van der Waals surface area contributed by atoms with Crippen LogP contribution in [0.3, 0.4) is 0 Å². The molecule has 1 aromatic rings. The Labute approximate surface area is 81.5 Å². The number of benzene rings is 1. The highest BCUT2D eigenvalue weighted by Gasteiger charge is 2.20. The number of hydrogen-bond acceptors (Lipinski definition) is 1. The van der Waals surface area contributed by atoms with Crippen LogP contribution < -0.4 is 5.73 Å². The first kappa shape index (κ1) is 8.36. The van der Waals surface area contributed by atoms with Gasteiger partial charge in [-0.3, -0.25) is 0 Å². The molecule has 0 saturated carbocycles. The lowest BCUT2D eigenvalue weighted by Gasteiger charge is -2.01. The molecule has 0 aliphatic heterocycles. The Hall–Kier alpha value is -0.240.